The number of carbonyl (C=O) groups is 1. The minimum absolute atomic E-state index is 0.0458. The third-order valence-corrected chi connectivity index (χ3v) is 5.95. The number of carbonyl (C=O) groups excluding carboxylic acids is 1. The van der Waals surface area contributed by atoms with Crippen molar-refractivity contribution in [2.45, 2.75) is 68.9 Å². The van der Waals surface area contributed by atoms with E-state index in [1.165, 1.54) is 0 Å². The van der Waals surface area contributed by atoms with Crippen LogP contribution in [0, 0.1) is 0 Å². The van der Waals surface area contributed by atoms with Crippen LogP contribution >= 0.6 is 0 Å². The van der Waals surface area contributed by atoms with E-state index in [0.29, 0.717) is 24.9 Å². The predicted molar refractivity (Wildman–Crippen MR) is 90.9 cm³/mol. The third-order valence-electron chi connectivity index (χ3n) is 5.95. The molecule has 7 heteroatoms. The van der Waals surface area contributed by atoms with E-state index >= 15 is 0 Å². The second-order valence-corrected chi connectivity index (χ2v) is 8.06. The summed E-state index contributed by atoms with van der Waals surface area (Å²) in [5, 5.41) is 14.8. The Hall–Kier alpha value is -1.47. The van der Waals surface area contributed by atoms with Gasteiger partial charge in [0.15, 0.2) is 5.82 Å². The van der Waals surface area contributed by atoms with E-state index < -0.39 is 5.60 Å². The molecule has 1 aromatic heterocycles. The van der Waals surface area contributed by atoms with Gasteiger partial charge in [-0.1, -0.05) is 24.4 Å². The molecule has 1 amide bonds. The van der Waals surface area contributed by atoms with Gasteiger partial charge in [-0.25, -0.2) is 0 Å². The highest BCUT2D eigenvalue weighted by atomic mass is 16.5. The number of rotatable bonds is 4. The molecule has 0 radical (unpaired) electrons. The Morgan fingerprint density at radius 1 is 1.28 bits per heavy atom. The van der Waals surface area contributed by atoms with Gasteiger partial charge < -0.3 is 14.5 Å². The fourth-order valence-corrected chi connectivity index (χ4v) is 4.04. The van der Waals surface area contributed by atoms with Gasteiger partial charge in [-0.15, -0.1) is 0 Å². The Balaban J connectivity index is 1.41. The minimum Gasteiger partial charge on any atom is -0.389 e. The van der Waals surface area contributed by atoms with Crippen molar-refractivity contribution in [3.8, 4) is 0 Å². The van der Waals surface area contributed by atoms with Crippen LogP contribution in [0.2, 0.25) is 0 Å². The molecular weight excluding hydrogens is 320 g/mol. The van der Waals surface area contributed by atoms with Crippen molar-refractivity contribution in [1.29, 1.82) is 0 Å². The van der Waals surface area contributed by atoms with Gasteiger partial charge in [0.2, 0.25) is 11.8 Å². The standard InChI is InChI=1S/C18H28N4O3/c1-21-9-10-22(15(23)11-18(24)7-3-2-4-8-18)12-14(21)17-19-16(20-25-17)13-5-6-13/h13-14,24H,2-12H2,1H3/t14-/m0/s1. The van der Waals surface area contributed by atoms with Crippen molar-refractivity contribution in [2.75, 3.05) is 26.7 Å². The van der Waals surface area contributed by atoms with Gasteiger partial charge in [-0.3, -0.25) is 9.69 Å². The Morgan fingerprint density at radius 2 is 2.04 bits per heavy atom. The summed E-state index contributed by atoms with van der Waals surface area (Å²) in [4.78, 5) is 21.4. The molecule has 1 N–H and O–H groups in total. The van der Waals surface area contributed by atoms with Crippen molar-refractivity contribution < 1.29 is 14.4 Å². The van der Waals surface area contributed by atoms with Gasteiger partial charge >= 0.3 is 0 Å². The summed E-state index contributed by atoms with van der Waals surface area (Å²) < 4.78 is 5.48. The maximum atomic E-state index is 12.8. The van der Waals surface area contributed by atoms with Gasteiger partial charge in [0.1, 0.15) is 6.04 Å². The van der Waals surface area contributed by atoms with Gasteiger partial charge in [-0.2, -0.15) is 4.98 Å². The van der Waals surface area contributed by atoms with E-state index in [1.54, 1.807) is 0 Å². The molecule has 0 bridgehead atoms. The van der Waals surface area contributed by atoms with Crippen LogP contribution in [-0.2, 0) is 4.79 Å². The number of aromatic nitrogens is 2. The van der Waals surface area contributed by atoms with E-state index in [1.807, 2.05) is 11.9 Å². The van der Waals surface area contributed by atoms with Crippen molar-refractivity contribution >= 4 is 5.91 Å². The van der Waals surface area contributed by atoms with Crippen LogP contribution in [0.25, 0.3) is 0 Å². The largest absolute Gasteiger partial charge is 0.389 e. The Bertz CT molecular complexity index is 622. The lowest BCUT2D eigenvalue weighted by molar-refractivity contribution is -0.140. The highest BCUT2D eigenvalue weighted by Crippen LogP contribution is 2.39. The zero-order valence-electron chi connectivity index (χ0n) is 15.0. The van der Waals surface area contributed by atoms with Crippen LogP contribution in [0.1, 0.15) is 75.0 Å². The van der Waals surface area contributed by atoms with E-state index in [0.717, 1.165) is 57.3 Å². The molecule has 2 aliphatic carbocycles. The number of hydrogen-bond donors (Lipinski definition) is 1. The molecule has 0 aromatic carbocycles. The second kappa shape index (κ2) is 6.68. The third kappa shape index (κ3) is 3.72. The highest BCUT2D eigenvalue weighted by Gasteiger charge is 2.38. The van der Waals surface area contributed by atoms with Gasteiger partial charge in [0, 0.05) is 25.6 Å². The molecule has 0 unspecified atom stereocenters. The summed E-state index contributed by atoms with van der Waals surface area (Å²) in [6.07, 6.45) is 7.19. The van der Waals surface area contributed by atoms with Gasteiger partial charge in [0.05, 0.1) is 12.0 Å². The smallest absolute Gasteiger partial charge is 0.245 e. The molecule has 4 rings (SSSR count). The Morgan fingerprint density at radius 3 is 2.76 bits per heavy atom. The van der Waals surface area contributed by atoms with E-state index in [4.69, 9.17) is 4.52 Å². The molecule has 1 saturated heterocycles. The Kier molecular flexibility index (Phi) is 4.54. The molecule has 2 heterocycles. The molecule has 1 atom stereocenters. The molecule has 1 aliphatic heterocycles. The number of piperazine rings is 1. The summed E-state index contributed by atoms with van der Waals surface area (Å²) >= 11 is 0. The number of nitrogens with zero attached hydrogens (tertiary/aromatic N) is 4. The van der Waals surface area contributed by atoms with Gasteiger partial charge in [-0.05, 0) is 32.7 Å². The van der Waals surface area contributed by atoms with E-state index in [-0.39, 0.29) is 18.4 Å². The van der Waals surface area contributed by atoms with Crippen LogP contribution in [0.4, 0.5) is 0 Å². The van der Waals surface area contributed by atoms with Crippen LogP contribution in [-0.4, -0.2) is 63.2 Å². The first kappa shape index (κ1) is 17.0. The highest BCUT2D eigenvalue weighted by molar-refractivity contribution is 5.77. The predicted octanol–water partition coefficient (Wildman–Crippen LogP) is 1.85. The molecule has 2 saturated carbocycles. The second-order valence-electron chi connectivity index (χ2n) is 8.06. The lowest BCUT2D eigenvalue weighted by atomic mass is 9.82. The first-order chi connectivity index (χ1) is 12.0. The normalized spacial score (nSPS) is 27.4. The molecule has 7 nitrogen and oxygen atoms in total. The van der Waals surface area contributed by atoms with Crippen molar-refractivity contribution in [2.24, 2.45) is 0 Å². The van der Waals surface area contributed by atoms with Crippen LogP contribution in [0.3, 0.4) is 0 Å². The maximum absolute atomic E-state index is 12.8. The van der Waals surface area contributed by atoms with Gasteiger partial charge in [0.25, 0.3) is 0 Å². The van der Waals surface area contributed by atoms with Crippen molar-refractivity contribution in [3.63, 3.8) is 0 Å². The molecule has 3 aliphatic rings. The SMILES string of the molecule is CN1CCN(C(=O)CC2(O)CCCCC2)C[C@H]1c1nc(C2CC2)no1. The number of hydrogen-bond acceptors (Lipinski definition) is 6. The van der Waals surface area contributed by atoms with Crippen LogP contribution < -0.4 is 0 Å². The average molecular weight is 348 g/mol. The molecule has 1 aromatic rings. The van der Waals surface area contributed by atoms with Crippen LogP contribution in [0.5, 0.6) is 0 Å². The summed E-state index contributed by atoms with van der Waals surface area (Å²) in [6.45, 7) is 2.01. The summed E-state index contributed by atoms with van der Waals surface area (Å²) in [5.74, 6) is 1.93. The minimum atomic E-state index is -0.808. The summed E-state index contributed by atoms with van der Waals surface area (Å²) in [6, 6.07) is -0.0568. The molecule has 0 spiro atoms. The summed E-state index contributed by atoms with van der Waals surface area (Å²) in [7, 11) is 2.03. The zero-order valence-corrected chi connectivity index (χ0v) is 15.0. The number of likely N-dealkylation sites (N-methyl/N-ethyl adjacent to an activating group) is 1. The fourth-order valence-electron chi connectivity index (χ4n) is 4.04. The molecule has 25 heavy (non-hydrogen) atoms. The average Bonchev–Trinajstić information content (AvgIpc) is 3.33. The van der Waals surface area contributed by atoms with E-state index in [2.05, 4.69) is 15.0 Å². The molecule has 3 fully saturated rings. The van der Waals surface area contributed by atoms with Crippen molar-refractivity contribution in [3.05, 3.63) is 11.7 Å². The molecule has 138 valence electrons. The quantitative estimate of drug-likeness (QED) is 0.894. The summed E-state index contributed by atoms with van der Waals surface area (Å²) in [5.41, 5.74) is -0.808. The zero-order chi connectivity index (χ0) is 17.4. The van der Waals surface area contributed by atoms with E-state index in [9.17, 15) is 9.90 Å². The fraction of sp³-hybridized carbons (Fsp3) is 0.833. The first-order valence-corrected chi connectivity index (χ1v) is 9.58. The van der Waals surface area contributed by atoms with Crippen molar-refractivity contribution in [1.82, 2.24) is 19.9 Å². The topological polar surface area (TPSA) is 82.7 Å². The Labute approximate surface area is 148 Å². The molecular formula is C18H28N4O3. The first-order valence-electron chi connectivity index (χ1n) is 9.58. The number of amides is 1. The lowest BCUT2D eigenvalue weighted by Crippen LogP contribution is -2.51. The number of aliphatic hydroxyl groups is 1. The maximum Gasteiger partial charge on any atom is 0.245 e. The lowest BCUT2D eigenvalue weighted by Gasteiger charge is -2.39. The van der Waals surface area contributed by atoms with Crippen LogP contribution in [0.15, 0.2) is 4.52 Å². The monoisotopic (exact) mass is 348 g/mol.